The molecule has 1 rings (SSSR count). The molecule has 20 heavy (non-hydrogen) atoms. The molecule has 1 aromatic rings. The zero-order valence-electron chi connectivity index (χ0n) is 11.0. The molecule has 4 nitrogen and oxygen atoms in total. The van der Waals surface area contributed by atoms with Crippen molar-refractivity contribution < 1.29 is 27.9 Å². The second-order valence-corrected chi connectivity index (χ2v) is 4.08. The molecular formula is C13H16F3NO3. The third kappa shape index (κ3) is 6.42. The van der Waals surface area contributed by atoms with Gasteiger partial charge in [0.15, 0.2) is 0 Å². The van der Waals surface area contributed by atoms with E-state index in [1.807, 2.05) is 0 Å². The maximum atomic E-state index is 11.8. The van der Waals surface area contributed by atoms with Crippen molar-refractivity contribution in [3.8, 4) is 5.75 Å². The lowest BCUT2D eigenvalue weighted by Crippen LogP contribution is -2.18. The Kier molecular flexibility index (Phi) is 6.30. The number of oxime groups is 1. The molecule has 0 bridgehead atoms. The van der Waals surface area contributed by atoms with Gasteiger partial charge in [-0.3, -0.25) is 0 Å². The van der Waals surface area contributed by atoms with E-state index < -0.39 is 12.8 Å². The lowest BCUT2D eigenvalue weighted by atomic mass is 10.1. The largest absolute Gasteiger partial charge is 0.494 e. The zero-order valence-corrected chi connectivity index (χ0v) is 11.0. The molecule has 0 radical (unpaired) electrons. The molecule has 0 amide bonds. The molecular weight excluding hydrogens is 275 g/mol. The van der Waals surface area contributed by atoms with E-state index in [9.17, 15) is 13.2 Å². The molecule has 0 saturated heterocycles. The van der Waals surface area contributed by atoms with E-state index in [-0.39, 0.29) is 13.2 Å². The van der Waals surface area contributed by atoms with Gasteiger partial charge in [-0.1, -0.05) is 5.16 Å². The van der Waals surface area contributed by atoms with Crippen LogP contribution in [0.4, 0.5) is 13.2 Å². The number of hydrogen-bond acceptors (Lipinski definition) is 4. The molecule has 0 unspecified atom stereocenters. The van der Waals surface area contributed by atoms with Crippen LogP contribution in [-0.2, 0) is 4.74 Å². The van der Waals surface area contributed by atoms with Gasteiger partial charge in [0.05, 0.1) is 18.9 Å². The first-order chi connectivity index (χ1) is 9.42. The summed E-state index contributed by atoms with van der Waals surface area (Å²) >= 11 is 0. The van der Waals surface area contributed by atoms with Gasteiger partial charge in [-0.25, -0.2) is 0 Å². The Hall–Kier alpha value is -1.76. The van der Waals surface area contributed by atoms with Crippen molar-refractivity contribution in [3.63, 3.8) is 0 Å². The highest BCUT2D eigenvalue weighted by molar-refractivity contribution is 5.98. The molecule has 7 heteroatoms. The van der Waals surface area contributed by atoms with Crippen molar-refractivity contribution in [3.05, 3.63) is 29.8 Å². The van der Waals surface area contributed by atoms with Crippen LogP contribution in [0.25, 0.3) is 0 Å². The Morgan fingerprint density at radius 1 is 1.20 bits per heavy atom. The summed E-state index contributed by atoms with van der Waals surface area (Å²) in [6.45, 7) is 0.688. The van der Waals surface area contributed by atoms with Gasteiger partial charge in [-0.2, -0.15) is 13.2 Å². The van der Waals surface area contributed by atoms with Crippen LogP contribution in [0, 0.1) is 0 Å². The zero-order chi connectivity index (χ0) is 15.0. The number of nitrogens with zero attached hydrogens (tertiary/aromatic N) is 1. The van der Waals surface area contributed by atoms with Gasteiger partial charge in [0.25, 0.3) is 0 Å². The van der Waals surface area contributed by atoms with E-state index >= 15 is 0 Å². The number of hydrogen-bond donors (Lipinski definition) is 1. The van der Waals surface area contributed by atoms with Crippen LogP contribution in [-0.4, -0.2) is 36.9 Å². The van der Waals surface area contributed by atoms with Crippen molar-refractivity contribution >= 4 is 5.71 Å². The Morgan fingerprint density at radius 3 is 2.40 bits per heavy atom. The standard InChI is InChI=1S/C13H16F3NO3/c1-10(17-18)11-3-5-12(6-4-11)20-8-2-7-19-9-13(14,15)16/h3-6,18H,2,7-9H2,1H3. The van der Waals surface area contributed by atoms with Crippen LogP contribution in [0.5, 0.6) is 5.75 Å². The minimum atomic E-state index is -4.29. The second kappa shape index (κ2) is 7.74. The fraction of sp³-hybridized carbons (Fsp3) is 0.462. The third-order valence-electron chi connectivity index (χ3n) is 2.39. The Morgan fingerprint density at radius 2 is 1.85 bits per heavy atom. The molecule has 0 fully saturated rings. The van der Waals surface area contributed by atoms with Crippen LogP contribution in [0.3, 0.4) is 0 Å². The first kappa shape index (κ1) is 16.3. The van der Waals surface area contributed by atoms with Crippen LogP contribution in [0.2, 0.25) is 0 Å². The van der Waals surface area contributed by atoms with Crippen molar-refractivity contribution in [1.29, 1.82) is 0 Å². The Balaban J connectivity index is 2.23. The minimum Gasteiger partial charge on any atom is -0.494 e. The van der Waals surface area contributed by atoms with Gasteiger partial charge >= 0.3 is 6.18 Å². The average molecular weight is 291 g/mol. The fourth-order valence-corrected chi connectivity index (χ4v) is 1.39. The summed E-state index contributed by atoms with van der Waals surface area (Å²) in [4.78, 5) is 0. The SMILES string of the molecule is CC(=NO)c1ccc(OCCCOCC(F)(F)F)cc1. The van der Waals surface area contributed by atoms with Crippen LogP contribution in [0.1, 0.15) is 18.9 Å². The highest BCUT2D eigenvalue weighted by atomic mass is 19.4. The van der Waals surface area contributed by atoms with Crippen molar-refractivity contribution in [2.24, 2.45) is 5.16 Å². The molecule has 0 spiro atoms. The lowest BCUT2D eigenvalue weighted by Gasteiger charge is -2.09. The molecule has 0 atom stereocenters. The van der Waals surface area contributed by atoms with E-state index in [4.69, 9.17) is 9.94 Å². The molecule has 0 saturated carbocycles. The first-order valence-corrected chi connectivity index (χ1v) is 5.99. The fourth-order valence-electron chi connectivity index (χ4n) is 1.39. The maximum absolute atomic E-state index is 11.8. The lowest BCUT2D eigenvalue weighted by molar-refractivity contribution is -0.174. The number of halogens is 3. The number of rotatable bonds is 7. The molecule has 1 aromatic carbocycles. The average Bonchev–Trinajstić information content (AvgIpc) is 2.41. The van der Waals surface area contributed by atoms with E-state index in [1.54, 1.807) is 31.2 Å². The third-order valence-corrected chi connectivity index (χ3v) is 2.39. The summed E-state index contributed by atoms with van der Waals surface area (Å²) in [5.74, 6) is 0.593. The number of alkyl halides is 3. The maximum Gasteiger partial charge on any atom is 0.411 e. The van der Waals surface area contributed by atoms with Gasteiger partial charge in [0.1, 0.15) is 12.4 Å². The predicted octanol–water partition coefficient (Wildman–Crippen LogP) is 3.23. The van der Waals surface area contributed by atoms with E-state index in [0.29, 0.717) is 17.9 Å². The molecule has 0 aliphatic rings. The summed E-state index contributed by atoms with van der Waals surface area (Å²) in [6, 6.07) is 6.84. The molecule has 112 valence electrons. The van der Waals surface area contributed by atoms with Gasteiger partial charge in [0.2, 0.25) is 0 Å². The molecule has 0 aliphatic heterocycles. The smallest absolute Gasteiger partial charge is 0.411 e. The monoisotopic (exact) mass is 291 g/mol. The highest BCUT2D eigenvalue weighted by Gasteiger charge is 2.27. The normalized spacial score (nSPS) is 12.5. The summed E-state index contributed by atoms with van der Waals surface area (Å²) < 4.78 is 45.1. The molecule has 0 aromatic heterocycles. The Labute approximate surface area is 114 Å². The van der Waals surface area contributed by atoms with Crippen molar-refractivity contribution in [2.75, 3.05) is 19.8 Å². The van der Waals surface area contributed by atoms with Crippen LogP contribution < -0.4 is 4.74 Å². The molecule has 0 heterocycles. The second-order valence-electron chi connectivity index (χ2n) is 4.08. The number of ether oxygens (including phenoxy) is 2. The predicted molar refractivity (Wildman–Crippen MR) is 67.4 cm³/mol. The van der Waals surface area contributed by atoms with Gasteiger partial charge in [-0.05, 0) is 36.8 Å². The van der Waals surface area contributed by atoms with Gasteiger partial charge < -0.3 is 14.7 Å². The topological polar surface area (TPSA) is 51.1 Å². The van der Waals surface area contributed by atoms with Crippen molar-refractivity contribution in [2.45, 2.75) is 19.5 Å². The van der Waals surface area contributed by atoms with E-state index in [2.05, 4.69) is 9.89 Å². The quantitative estimate of drug-likeness (QED) is 0.363. The molecule has 1 N–H and O–H groups in total. The number of benzene rings is 1. The Bertz CT molecular complexity index is 429. The van der Waals surface area contributed by atoms with Crippen LogP contribution in [0.15, 0.2) is 29.4 Å². The van der Waals surface area contributed by atoms with Crippen LogP contribution >= 0.6 is 0 Å². The minimum absolute atomic E-state index is 0.00608. The van der Waals surface area contributed by atoms with E-state index in [1.165, 1.54) is 0 Å². The first-order valence-electron chi connectivity index (χ1n) is 5.99. The highest BCUT2D eigenvalue weighted by Crippen LogP contribution is 2.15. The summed E-state index contributed by atoms with van der Waals surface area (Å²) in [5, 5.41) is 11.7. The van der Waals surface area contributed by atoms with Gasteiger partial charge in [0, 0.05) is 6.42 Å². The van der Waals surface area contributed by atoms with Gasteiger partial charge in [-0.15, -0.1) is 0 Å². The summed E-state index contributed by atoms with van der Waals surface area (Å²) in [7, 11) is 0. The van der Waals surface area contributed by atoms with E-state index in [0.717, 1.165) is 5.56 Å². The van der Waals surface area contributed by atoms with Crippen molar-refractivity contribution in [1.82, 2.24) is 0 Å². The summed E-state index contributed by atoms with van der Waals surface area (Å²) in [6.07, 6.45) is -3.92. The summed E-state index contributed by atoms with van der Waals surface area (Å²) in [5.41, 5.74) is 1.24. The molecule has 0 aliphatic carbocycles.